The number of carbonyl (C=O) groups excluding carboxylic acids is 1. The maximum Gasteiger partial charge on any atom is 0.263 e. The normalized spacial score (nSPS) is 13.2. The molecule has 0 atom stereocenters. The highest BCUT2D eigenvalue weighted by molar-refractivity contribution is 6.34. The Hall–Kier alpha value is -2.27. The molecule has 142 valence electrons. The Morgan fingerprint density at radius 2 is 1.86 bits per heavy atom. The van der Waals surface area contributed by atoms with Crippen LogP contribution in [0, 0.1) is 0 Å². The Labute approximate surface area is 177 Å². The highest BCUT2D eigenvalue weighted by Gasteiger charge is 2.26. The average molecular weight is 434 g/mol. The zero-order chi connectivity index (χ0) is 19.7. The number of para-hydroxylation sites is 1. The maximum absolute atomic E-state index is 13.3. The molecule has 1 aromatic heterocycles. The zero-order valence-electron chi connectivity index (χ0n) is 14.7. The molecule has 0 saturated carbocycles. The number of rotatable bonds is 3. The van der Waals surface area contributed by atoms with E-state index in [0.717, 1.165) is 24.1 Å². The Bertz CT molecular complexity index is 1060. The number of hydrogen-bond acceptors (Lipinski definition) is 3. The van der Waals surface area contributed by atoms with Gasteiger partial charge in [-0.1, -0.05) is 53.0 Å². The van der Waals surface area contributed by atoms with Crippen molar-refractivity contribution < 1.29 is 9.53 Å². The number of halogens is 3. The number of anilines is 1. The highest BCUT2D eigenvalue weighted by Crippen LogP contribution is 2.36. The molecule has 4 nitrogen and oxygen atoms in total. The van der Waals surface area contributed by atoms with Crippen LogP contribution in [0.5, 0.6) is 11.5 Å². The predicted molar refractivity (Wildman–Crippen MR) is 112 cm³/mol. The molecule has 2 aromatic carbocycles. The molecule has 4 rings (SSSR count). The van der Waals surface area contributed by atoms with Crippen LogP contribution < -0.4 is 9.64 Å². The van der Waals surface area contributed by atoms with E-state index < -0.39 is 0 Å². The number of amides is 1. The third-order valence-corrected chi connectivity index (χ3v) is 5.29. The minimum atomic E-state index is -0.204. The molecule has 0 bridgehead atoms. The van der Waals surface area contributed by atoms with Crippen LogP contribution >= 0.6 is 34.8 Å². The van der Waals surface area contributed by atoms with E-state index in [1.54, 1.807) is 23.1 Å². The smallest absolute Gasteiger partial charge is 0.263 e. The summed E-state index contributed by atoms with van der Waals surface area (Å²) < 4.78 is 5.91. The van der Waals surface area contributed by atoms with Crippen LogP contribution in [0.1, 0.15) is 22.3 Å². The second-order valence-electron chi connectivity index (χ2n) is 6.37. The van der Waals surface area contributed by atoms with Crippen LogP contribution in [0.4, 0.5) is 5.69 Å². The first-order chi connectivity index (χ1) is 13.5. The van der Waals surface area contributed by atoms with Gasteiger partial charge in [0.2, 0.25) is 0 Å². The number of ether oxygens (including phenoxy) is 1. The van der Waals surface area contributed by atoms with E-state index >= 15 is 0 Å². The Kier molecular flexibility index (Phi) is 5.44. The third kappa shape index (κ3) is 3.81. The molecule has 0 aliphatic carbocycles. The monoisotopic (exact) mass is 432 g/mol. The van der Waals surface area contributed by atoms with Crippen molar-refractivity contribution in [1.82, 2.24) is 4.98 Å². The van der Waals surface area contributed by atoms with E-state index in [1.807, 2.05) is 24.3 Å². The first-order valence-corrected chi connectivity index (χ1v) is 9.84. The van der Waals surface area contributed by atoms with Crippen molar-refractivity contribution in [3.8, 4) is 11.5 Å². The molecule has 0 spiro atoms. The standard InChI is InChI=1S/C21H15Cl3N2O2/c22-14-7-8-16(23)19(10-14)28-18-11-20(24)25-12-15(18)21(27)26-9-3-5-13-4-1-2-6-17(13)26/h1-2,4,6-8,10-12H,3,5,9H2. The van der Waals surface area contributed by atoms with Gasteiger partial charge in [0.15, 0.2) is 0 Å². The fourth-order valence-corrected chi connectivity index (χ4v) is 3.69. The number of pyridine rings is 1. The molecule has 0 saturated heterocycles. The van der Waals surface area contributed by atoms with Gasteiger partial charge in [-0.05, 0) is 36.6 Å². The number of carbonyl (C=O) groups is 1. The van der Waals surface area contributed by atoms with E-state index in [4.69, 9.17) is 39.5 Å². The fraction of sp³-hybridized carbons (Fsp3) is 0.143. The summed E-state index contributed by atoms with van der Waals surface area (Å²) in [6.07, 6.45) is 3.26. The second kappa shape index (κ2) is 8.00. The molecule has 0 unspecified atom stereocenters. The van der Waals surface area contributed by atoms with Gasteiger partial charge in [0.05, 0.1) is 5.02 Å². The van der Waals surface area contributed by atoms with Gasteiger partial charge in [-0.25, -0.2) is 4.98 Å². The zero-order valence-corrected chi connectivity index (χ0v) is 16.9. The van der Waals surface area contributed by atoms with Crippen LogP contribution in [0.15, 0.2) is 54.7 Å². The highest BCUT2D eigenvalue weighted by atomic mass is 35.5. The molecular formula is C21H15Cl3N2O2. The number of aromatic nitrogens is 1. The lowest BCUT2D eigenvalue weighted by molar-refractivity contribution is 0.0982. The molecule has 1 amide bonds. The number of fused-ring (bicyclic) bond motifs is 1. The molecule has 2 heterocycles. The fourth-order valence-electron chi connectivity index (χ4n) is 3.22. The summed E-state index contributed by atoms with van der Waals surface area (Å²) in [4.78, 5) is 19.2. The second-order valence-corrected chi connectivity index (χ2v) is 7.60. The van der Waals surface area contributed by atoms with Gasteiger partial charge in [-0.2, -0.15) is 0 Å². The van der Waals surface area contributed by atoms with Crippen molar-refractivity contribution in [3.63, 3.8) is 0 Å². The molecule has 28 heavy (non-hydrogen) atoms. The number of hydrogen-bond donors (Lipinski definition) is 0. The largest absolute Gasteiger partial charge is 0.455 e. The first kappa shape index (κ1) is 19.1. The first-order valence-electron chi connectivity index (χ1n) is 8.71. The number of aryl methyl sites for hydroxylation is 1. The van der Waals surface area contributed by atoms with Gasteiger partial charge in [0.25, 0.3) is 5.91 Å². The van der Waals surface area contributed by atoms with Crippen molar-refractivity contribution in [2.45, 2.75) is 12.8 Å². The summed E-state index contributed by atoms with van der Waals surface area (Å²) in [6, 6.07) is 14.3. The van der Waals surface area contributed by atoms with Crippen molar-refractivity contribution in [2.75, 3.05) is 11.4 Å². The van der Waals surface area contributed by atoms with Crippen LogP contribution in [0.3, 0.4) is 0 Å². The molecule has 0 fully saturated rings. The van der Waals surface area contributed by atoms with Crippen LogP contribution in [0.2, 0.25) is 15.2 Å². The molecule has 1 aliphatic heterocycles. The molecule has 0 N–H and O–H groups in total. The van der Waals surface area contributed by atoms with E-state index in [-0.39, 0.29) is 16.8 Å². The van der Waals surface area contributed by atoms with E-state index in [1.165, 1.54) is 12.3 Å². The van der Waals surface area contributed by atoms with Crippen molar-refractivity contribution in [1.29, 1.82) is 0 Å². The third-order valence-electron chi connectivity index (χ3n) is 4.53. The predicted octanol–water partition coefficient (Wildman–Crippen LogP) is 6.43. The minimum absolute atomic E-state index is 0.204. The molecule has 3 aromatic rings. The summed E-state index contributed by atoms with van der Waals surface area (Å²) in [5, 5.41) is 1.06. The molecule has 1 aliphatic rings. The summed E-state index contributed by atoms with van der Waals surface area (Å²) in [6.45, 7) is 0.621. The molecule has 0 radical (unpaired) electrons. The summed E-state index contributed by atoms with van der Waals surface area (Å²) >= 11 is 18.3. The van der Waals surface area contributed by atoms with Gasteiger partial charge >= 0.3 is 0 Å². The molecular weight excluding hydrogens is 419 g/mol. The quantitative estimate of drug-likeness (QED) is 0.447. The molecule has 7 heteroatoms. The Balaban J connectivity index is 1.73. The van der Waals surface area contributed by atoms with Gasteiger partial charge in [-0.3, -0.25) is 4.79 Å². The minimum Gasteiger partial charge on any atom is -0.455 e. The van der Waals surface area contributed by atoms with E-state index in [9.17, 15) is 4.79 Å². The van der Waals surface area contributed by atoms with E-state index in [0.29, 0.717) is 27.9 Å². The number of benzene rings is 2. The maximum atomic E-state index is 13.3. The van der Waals surface area contributed by atoms with Gasteiger partial charge in [0, 0.05) is 35.6 Å². The van der Waals surface area contributed by atoms with E-state index in [2.05, 4.69) is 4.98 Å². The lowest BCUT2D eigenvalue weighted by Crippen LogP contribution is -2.35. The van der Waals surface area contributed by atoms with Crippen LogP contribution in [0.25, 0.3) is 0 Å². The van der Waals surface area contributed by atoms with Crippen LogP contribution in [-0.2, 0) is 6.42 Å². The topological polar surface area (TPSA) is 42.4 Å². The van der Waals surface area contributed by atoms with Gasteiger partial charge in [0.1, 0.15) is 22.2 Å². The van der Waals surface area contributed by atoms with Gasteiger partial charge < -0.3 is 9.64 Å². The lowest BCUT2D eigenvalue weighted by atomic mass is 10.0. The Morgan fingerprint density at radius 3 is 2.71 bits per heavy atom. The van der Waals surface area contributed by atoms with Crippen molar-refractivity contribution >= 4 is 46.4 Å². The van der Waals surface area contributed by atoms with Crippen molar-refractivity contribution in [2.24, 2.45) is 0 Å². The van der Waals surface area contributed by atoms with Crippen molar-refractivity contribution in [3.05, 3.63) is 81.1 Å². The summed E-state index contributed by atoms with van der Waals surface area (Å²) in [7, 11) is 0. The average Bonchev–Trinajstić information content (AvgIpc) is 2.70. The number of nitrogens with zero attached hydrogens (tertiary/aromatic N) is 2. The summed E-state index contributed by atoms with van der Waals surface area (Å²) in [5.41, 5.74) is 2.35. The summed E-state index contributed by atoms with van der Waals surface area (Å²) in [5.74, 6) is 0.409. The van der Waals surface area contributed by atoms with Gasteiger partial charge in [-0.15, -0.1) is 0 Å². The van der Waals surface area contributed by atoms with Crippen LogP contribution in [-0.4, -0.2) is 17.4 Å². The SMILES string of the molecule is O=C(c1cnc(Cl)cc1Oc1cc(Cl)ccc1Cl)N1CCCc2ccccc21. The Morgan fingerprint density at radius 1 is 1.04 bits per heavy atom. The lowest BCUT2D eigenvalue weighted by Gasteiger charge is -2.29.